The van der Waals surface area contributed by atoms with Gasteiger partial charge in [-0.2, -0.15) is 0 Å². The Bertz CT molecular complexity index is 3740. The van der Waals surface area contributed by atoms with Gasteiger partial charge >= 0.3 is 0 Å². The van der Waals surface area contributed by atoms with E-state index in [9.17, 15) is 0 Å². The molecule has 3 heteroatoms. The first kappa shape index (κ1) is 43.9. The number of aromatic nitrogens is 3. The quantitative estimate of drug-likeness (QED) is 0.130. The minimum Gasteiger partial charge on any atom is -0.208 e. The first-order valence-electron chi connectivity index (χ1n) is 24.7. The van der Waals surface area contributed by atoms with Gasteiger partial charge in [0, 0.05) is 16.7 Å². The molecule has 1 heterocycles. The van der Waals surface area contributed by atoms with E-state index >= 15 is 0 Å². The van der Waals surface area contributed by atoms with Crippen molar-refractivity contribution in [1.82, 2.24) is 15.0 Å². The number of hydrogen-bond donors (Lipinski definition) is 0. The predicted octanol–water partition coefficient (Wildman–Crippen LogP) is 18.1. The molecule has 3 nitrogen and oxygen atoms in total. The Kier molecular flexibility index (Phi) is 12.2. The SMILES string of the molecule is C1=C(c2ccccc2)C=C(c2cccc(-c3ccc(-c4nc(-c5ccc(-c6cccc(-c7ccccc7)c6)cc5)nc(-c5ccc(-c6cccc(-c7cccc(-c8ccccc8)c7)c6)cc5)n4)cc3)c2)CC1. The number of nitrogens with zero attached hydrogens (tertiary/aromatic N) is 3. The van der Waals surface area contributed by atoms with Crippen molar-refractivity contribution in [2.45, 2.75) is 12.8 Å². The summed E-state index contributed by atoms with van der Waals surface area (Å²) in [5.41, 5.74) is 21.9. The Labute approximate surface area is 421 Å². The van der Waals surface area contributed by atoms with Crippen molar-refractivity contribution in [2.24, 2.45) is 0 Å². The van der Waals surface area contributed by atoms with Gasteiger partial charge in [-0.15, -0.1) is 0 Å². The van der Waals surface area contributed by atoms with Gasteiger partial charge in [-0.25, -0.2) is 15.0 Å². The zero-order valence-corrected chi connectivity index (χ0v) is 39.7. The summed E-state index contributed by atoms with van der Waals surface area (Å²) in [6, 6.07) is 92.6. The van der Waals surface area contributed by atoms with Crippen LogP contribution >= 0.6 is 0 Å². The molecule has 1 aliphatic rings. The molecule has 0 bridgehead atoms. The molecule has 0 atom stereocenters. The summed E-state index contributed by atoms with van der Waals surface area (Å²) in [7, 11) is 0. The van der Waals surface area contributed by atoms with Crippen molar-refractivity contribution in [2.75, 3.05) is 0 Å². The number of hydrogen-bond acceptors (Lipinski definition) is 3. The average Bonchev–Trinajstić information content (AvgIpc) is 3.48. The molecular weight excluding hydrogens is 871 g/mol. The lowest BCUT2D eigenvalue weighted by Gasteiger charge is -2.16. The van der Waals surface area contributed by atoms with Crippen LogP contribution in [0.15, 0.2) is 273 Å². The first-order valence-corrected chi connectivity index (χ1v) is 24.7. The molecule has 340 valence electrons. The summed E-state index contributed by atoms with van der Waals surface area (Å²) in [4.78, 5) is 15.5. The molecule has 12 rings (SSSR count). The van der Waals surface area contributed by atoms with E-state index in [1.807, 2.05) is 0 Å². The van der Waals surface area contributed by atoms with E-state index in [0.29, 0.717) is 17.5 Å². The van der Waals surface area contributed by atoms with Gasteiger partial charge in [0.2, 0.25) is 0 Å². The van der Waals surface area contributed by atoms with Gasteiger partial charge in [0.05, 0.1) is 0 Å². The van der Waals surface area contributed by atoms with Crippen molar-refractivity contribution < 1.29 is 0 Å². The molecule has 1 aromatic heterocycles. The van der Waals surface area contributed by atoms with Crippen LogP contribution in [0, 0.1) is 0 Å². The lowest BCUT2D eigenvalue weighted by atomic mass is 9.89. The molecule has 0 aliphatic heterocycles. The van der Waals surface area contributed by atoms with Crippen molar-refractivity contribution in [3.63, 3.8) is 0 Å². The highest BCUT2D eigenvalue weighted by molar-refractivity contribution is 5.87. The lowest BCUT2D eigenvalue weighted by Crippen LogP contribution is -2.00. The molecule has 1 aliphatic carbocycles. The topological polar surface area (TPSA) is 38.7 Å². The summed E-state index contributed by atoms with van der Waals surface area (Å²) in [5, 5.41) is 0. The average molecular weight is 920 g/mol. The van der Waals surface area contributed by atoms with E-state index in [1.54, 1.807) is 0 Å². The van der Waals surface area contributed by atoms with E-state index in [4.69, 9.17) is 15.0 Å². The van der Waals surface area contributed by atoms with E-state index in [1.165, 1.54) is 61.2 Å². The molecule has 72 heavy (non-hydrogen) atoms. The van der Waals surface area contributed by atoms with Gasteiger partial charge in [0.1, 0.15) is 0 Å². The monoisotopic (exact) mass is 919 g/mol. The second-order valence-electron chi connectivity index (χ2n) is 18.3. The molecule has 0 fully saturated rings. The summed E-state index contributed by atoms with van der Waals surface area (Å²) >= 11 is 0. The summed E-state index contributed by atoms with van der Waals surface area (Å²) < 4.78 is 0. The first-order chi connectivity index (χ1) is 35.6. The van der Waals surface area contributed by atoms with Crippen molar-refractivity contribution >= 4 is 11.1 Å². The van der Waals surface area contributed by atoms with Gasteiger partial charge in [0.15, 0.2) is 17.5 Å². The van der Waals surface area contributed by atoms with Crippen LogP contribution in [-0.4, -0.2) is 15.0 Å². The van der Waals surface area contributed by atoms with Crippen LogP contribution in [0.1, 0.15) is 24.0 Å². The van der Waals surface area contributed by atoms with E-state index < -0.39 is 0 Å². The molecule has 0 saturated carbocycles. The van der Waals surface area contributed by atoms with Crippen LogP contribution < -0.4 is 0 Å². The zero-order chi connectivity index (χ0) is 48.1. The van der Waals surface area contributed by atoms with Gasteiger partial charge in [-0.1, -0.05) is 249 Å². The molecule has 10 aromatic carbocycles. The van der Waals surface area contributed by atoms with Crippen LogP contribution in [0.4, 0.5) is 0 Å². The van der Waals surface area contributed by atoms with Crippen molar-refractivity contribution in [1.29, 1.82) is 0 Å². The van der Waals surface area contributed by atoms with Gasteiger partial charge < -0.3 is 0 Å². The minimum absolute atomic E-state index is 0.620. The fourth-order valence-electron chi connectivity index (χ4n) is 9.75. The van der Waals surface area contributed by atoms with Crippen LogP contribution in [0.5, 0.6) is 0 Å². The molecule has 0 radical (unpaired) electrons. The van der Waals surface area contributed by atoms with E-state index in [2.05, 4.69) is 273 Å². The highest BCUT2D eigenvalue weighted by Crippen LogP contribution is 2.36. The predicted molar refractivity (Wildman–Crippen MR) is 300 cm³/mol. The summed E-state index contributed by atoms with van der Waals surface area (Å²) in [6.07, 6.45) is 6.75. The highest BCUT2D eigenvalue weighted by atomic mass is 15.0. The summed E-state index contributed by atoms with van der Waals surface area (Å²) in [6.45, 7) is 0. The normalized spacial score (nSPS) is 12.2. The highest BCUT2D eigenvalue weighted by Gasteiger charge is 2.16. The Morgan fingerprint density at radius 3 is 0.847 bits per heavy atom. The Morgan fingerprint density at radius 1 is 0.222 bits per heavy atom. The minimum atomic E-state index is 0.620. The number of benzene rings is 10. The Hall–Kier alpha value is -9.31. The van der Waals surface area contributed by atoms with Gasteiger partial charge in [-0.05, 0) is 126 Å². The van der Waals surface area contributed by atoms with E-state index in [-0.39, 0.29) is 0 Å². The molecule has 0 unspecified atom stereocenters. The Morgan fingerprint density at radius 2 is 0.486 bits per heavy atom. The number of allylic oxidation sites excluding steroid dienone is 4. The third kappa shape index (κ3) is 9.52. The maximum absolute atomic E-state index is 5.17. The second kappa shape index (κ2) is 20.0. The molecule has 11 aromatic rings. The van der Waals surface area contributed by atoms with Crippen LogP contribution in [0.3, 0.4) is 0 Å². The molecule has 0 amide bonds. The van der Waals surface area contributed by atoms with Gasteiger partial charge in [0.25, 0.3) is 0 Å². The third-order valence-electron chi connectivity index (χ3n) is 13.6. The maximum atomic E-state index is 5.17. The Balaban J connectivity index is 0.862. The lowest BCUT2D eigenvalue weighted by molar-refractivity contribution is 1.06. The largest absolute Gasteiger partial charge is 0.208 e. The zero-order valence-electron chi connectivity index (χ0n) is 39.7. The van der Waals surface area contributed by atoms with Crippen LogP contribution in [0.25, 0.3) is 112 Å². The smallest absolute Gasteiger partial charge is 0.164 e. The molecule has 0 N–H and O–H groups in total. The van der Waals surface area contributed by atoms with Crippen molar-refractivity contribution in [3.8, 4) is 101 Å². The molecule has 0 saturated heterocycles. The molecule has 0 spiro atoms. The summed E-state index contributed by atoms with van der Waals surface area (Å²) in [5.74, 6) is 1.86. The maximum Gasteiger partial charge on any atom is 0.164 e. The van der Waals surface area contributed by atoms with Crippen LogP contribution in [0.2, 0.25) is 0 Å². The van der Waals surface area contributed by atoms with Crippen molar-refractivity contribution in [3.05, 3.63) is 284 Å². The fraction of sp³-hybridized carbons (Fsp3) is 0.0290. The van der Waals surface area contributed by atoms with E-state index in [0.717, 1.165) is 57.3 Å². The fourth-order valence-corrected chi connectivity index (χ4v) is 9.75. The molecular formula is C69H49N3. The second-order valence-corrected chi connectivity index (χ2v) is 18.3. The standard InChI is InChI=1S/C69H49N3/c1-4-15-48(16-5-1)57-21-10-24-60(43-57)51-31-37-54(38-32-51)67-70-68(55-39-33-52(34-40-55)61-25-13-29-65(46-61)63-27-11-22-58(44-63)49-17-6-2-7-18-49)72-69(71-67)56-41-35-53(36-42-56)62-26-14-30-66(47-62)64-28-12-23-59(45-64)50-19-8-3-9-20-50/h1-11,13-27,29-47H,12,28H2. The third-order valence-corrected chi connectivity index (χ3v) is 13.6. The van der Waals surface area contributed by atoms with Crippen LogP contribution in [-0.2, 0) is 0 Å². The number of rotatable bonds is 11. The van der Waals surface area contributed by atoms with Gasteiger partial charge in [-0.3, -0.25) is 0 Å².